The Bertz CT molecular complexity index is 554. The van der Waals surface area contributed by atoms with Crippen molar-refractivity contribution < 1.29 is 22.7 Å². The largest absolute Gasteiger partial charge is 0.505 e. The fourth-order valence-electron chi connectivity index (χ4n) is 2.94. The molecule has 0 amide bonds. The summed E-state index contributed by atoms with van der Waals surface area (Å²) in [6.07, 6.45) is -2.23. The number of rotatable bonds is 5. The van der Waals surface area contributed by atoms with Gasteiger partial charge in [0.1, 0.15) is 0 Å². The van der Waals surface area contributed by atoms with Crippen LogP contribution in [0.2, 0.25) is 0 Å². The number of benzene rings is 1. The van der Waals surface area contributed by atoms with E-state index in [4.69, 9.17) is 0 Å². The molecule has 128 valence electrons. The van der Waals surface area contributed by atoms with Crippen LogP contribution in [0.1, 0.15) is 30.0 Å². The number of nitrogens with zero attached hydrogens (tertiary/aromatic N) is 1. The fourth-order valence-corrected chi connectivity index (χ4v) is 2.94. The van der Waals surface area contributed by atoms with Crippen LogP contribution in [0, 0.1) is 5.82 Å². The monoisotopic (exact) mass is 332 g/mol. The Balaban J connectivity index is 2.51. The number of piperazine rings is 1. The standard InChI is InChI=1S/C16H20F4N2O/c1-2-3-4-13(22-9-7-21-8-10-22)14-11(16(18,19)20)5-6-12(17)15(14)23/h2,5-6,13,21,23H,1,3-4,7-10H2/t13-/m0/s1. The minimum Gasteiger partial charge on any atom is -0.505 e. The maximum atomic E-state index is 13.7. The zero-order valence-corrected chi connectivity index (χ0v) is 12.7. The lowest BCUT2D eigenvalue weighted by Crippen LogP contribution is -2.45. The maximum Gasteiger partial charge on any atom is 0.416 e. The van der Waals surface area contributed by atoms with Crippen molar-refractivity contribution in [2.45, 2.75) is 25.1 Å². The molecule has 1 aliphatic rings. The summed E-state index contributed by atoms with van der Waals surface area (Å²) in [4.78, 5) is 1.85. The van der Waals surface area contributed by atoms with Crippen LogP contribution in [-0.4, -0.2) is 36.2 Å². The van der Waals surface area contributed by atoms with Crippen molar-refractivity contribution in [3.8, 4) is 5.75 Å². The van der Waals surface area contributed by atoms with Crippen LogP contribution in [0.25, 0.3) is 0 Å². The van der Waals surface area contributed by atoms with Gasteiger partial charge in [-0.15, -0.1) is 6.58 Å². The van der Waals surface area contributed by atoms with E-state index in [-0.39, 0.29) is 5.56 Å². The van der Waals surface area contributed by atoms with E-state index < -0.39 is 29.3 Å². The SMILES string of the molecule is C=CCC[C@@H](c1c(C(F)(F)F)ccc(F)c1O)N1CCNCC1. The highest BCUT2D eigenvalue weighted by Crippen LogP contribution is 2.43. The third-order valence-electron chi connectivity index (χ3n) is 4.04. The molecule has 7 heteroatoms. The predicted molar refractivity (Wildman–Crippen MR) is 79.7 cm³/mol. The fraction of sp³-hybridized carbons (Fsp3) is 0.500. The van der Waals surface area contributed by atoms with Gasteiger partial charge in [-0.3, -0.25) is 4.90 Å². The van der Waals surface area contributed by atoms with Gasteiger partial charge >= 0.3 is 6.18 Å². The van der Waals surface area contributed by atoms with Crippen molar-refractivity contribution in [2.24, 2.45) is 0 Å². The summed E-state index contributed by atoms with van der Waals surface area (Å²) in [5, 5.41) is 13.1. The number of hydrogen-bond donors (Lipinski definition) is 2. The zero-order chi connectivity index (χ0) is 17.0. The second-order valence-electron chi connectivity index (χ2n) is 5.52. The van der Waals surface area contributed by atoms with Crippen molar-refractivity contribution in [3.63, 3.8) is 0 Å². The minimum atomic E-state index is -4.65. The van der Waals surface area contributed by atoms with Gasteiger partial charge in [-0.25, -0.2) is 4.39 Å². The maximum absolute atomic E-state index is 13.7. The second kappa shape index (κ2) is 7.31. The molecular formula is C16H20F4N2O. The summed E-state index contributed by atoms with van der Waals surface area (Å²) in [5.41, 5.74) is -1.36. The van der Waals surface area contributed by atoms with Gasteiger partial charge in [0.25, 0.3) is 0 Å². The number of allylic oxidation sites excluding steroid dienone is 1. The number of hydrogen-bond acceptors (Lipinski definition) is 3. The van der Waals surface area contributed by atoms with E-state index in [2.05, 4.69) is 11.9 Å². The molecule has 1 atom stereocenters. The van der Waals surface area contributed by atoms with E-state index in [9.17, 15) is 22.7 Å². The van der Waals surface area contributed by atoms with Gasteiger partial charge in [0, 0.05) is 37.8 Å². The molecule has 0 saturated carbocycles. The summed E-state index contributed by atoms with van der Waals surface area (Å²) < 4.78 is 53.7. The lowest BCUT2D eigenvalue weighted by molar-refractivity contribution is -0.139. The van der Waals surface area contributed by atoms with Gasteiger partial charge in [0.05, 0.1) is 5.56 Å². The number of phenols is 1. The van der Waals surface area contributed by atoms with Crippen LogP contribution in [0.3, 0.4) is 0 Å². The van der Waals surface area contributed by atoms with Crippen LogP contribution >= 0.6 is 0 Å². The summed E-state index contributed by atoms with van der Waals surface area (Å²) in [6.45, 7) is 5.95. The Morgan fingerprint density at radius 1 is 1.30 bits per heavy atom. The molecule has 0 aliphatic carbocycles. The van der Waals surface area contributed by atoms with E-state index >= 15 is 0 Å². The van der Waals surface area contributed by atoms with Gasteiger partial charge in [0.15, 0.2) is 11.6 Å². The lowest BCUT2D eigenvalue weighted by Gasteiger charge is -2.36. The predicted octanol–water partition coefficient (Wildman–Crippen LogP) is 3.46. The highest BCUT2D eigenvalue weighted by molar-refractivity contribution is 5.44. The number of alkyl halides is 3. The van der Waals surface area contributed by atoms with E-state index in [1.54, 1.807) is 6.08 Å². The quantitative estimate of drug-likeness (QED) is 0.640. The first kappa shape index (κ1) is 17.7. The first-order valence-electron chi connectivity index (χ1n) is 7.50. The van der Waals surface area contributed by atoms with Crippen molar-refractivity contribution in [2.75, 3.05) is 26.2 Å². The molecule has 1 aromatic rings. The smallest absolute Gasteiger partial charge is 0.416 e. The minimum absolute atomic E-state index is 0.337. The average Bonchev–Trinajstić information content (AvgIpc) is 2.51. The summed E-state index contributed by atoms with van der Waals surface area (Å²) in [6, 6.07) is 0.653. The van der Waals surface area contributed by atoms with Crippen molar-refractivity contribution in [1.29, 1.82) is 0 Å². The number of halogens is 4. The molecule has 0 radical (unpaired) electrons. The zero-order valence-electron chi connectivity index (χ0n) is 12.7. The average molecular weight is 332 g/mol. The molecule has 1 aliphatic heterocycles. The molecule has 0 spiro atoms. The van der Waals surface area contributed by atoms with E-state index in [0.29, 0.717) is 51.2 Å². The van der Waals surface area contributed by atoms with Crippen LogP contribution < -0.4 is 5.32 Å². The van der Waals surface area contributed by atoms with Gasteiger partial charge in [-0.1, -0.05) is 6.08 Å². The van der Waals surface area contributed by atoms with Gasteiger partial charge in [-0.2, -0.15) is 13.2 Å². The summed E-state index contributed by atoms with van der Waals surface area (Å²) in [7, 11) is 0. The molecule has 23 heavy (non-hydrogen) atoms. The Labute approximate surface area is 132 Å². The van der Waals surface area contributed by atoms with E-state index in [1.807, 2.05) is 4.90 Å². The number of nitrogens with one attached hydrogen (secondary N) is 1. The highest BCUT2D eigenvalue weighted by Gasteiger charge is 2.39. The molecule has 3 nitrogen and oxygen atoms in total. The normalized spacial score (nSPS) is 17.9. The molecule has 1 heterocycles. The second-order valence-corrected chi connectivity index (χ2v) is 5.52. The Morgan fingerprint density at radius 2 is 1.96 bits per heavy atom. The van der Waals surface area contributed by atoms with Crippen molar-refractivity contribution in [3.05, 3.63) is 41.7 Å². The van der Waals surface area contributed by atoms with Crippen molar-refractivity contribution in [1.82, 2.24) is 10.2 Å². The topological polar surface area (TPSA) is 35.5 Å². The van der Waals surface area contributed by atoms with Gasteiger partial charge in [0.2, 0.25) is 0 Å². The Kier molecular flexibility index (Phi) is 5.64. The lowest BCUT2D eigenvalue weighted by atomic mass is 9.93. The van der Waals surface area contributed by atoms with Crippen molar-refractivity contribution >= 4 is 0 Å². The number of aromatic hydroxyl groups is 1. The van der Waals surface area contributed by atoms with Gasteiger partial charge < -0.3 is 10.4 Å². The molecule has 0 aromatic heterocycles. The molecule has 1 saturated heterocycles. The third-order valence-corrected chi connectivity index (χ3v) is 4.04. The summed E-state index contributed by atoms with van der Waals surface area (Å²) >= 11 is 0. The summed E-state index contributed by atoms with van der Waals surface area (Å²) in [5.74, 6) is -1.95. The van der Waals surface area contributed by atoms with Gasteiger partial charge in [-0.05, 0) is 25.0 Å². The molecule has 1 aromatic carbocycles. The molecule has 0 bridgehead atoms. The molecule has 2 rings (SSSR count). The molecule has 2 N–H and O–H groups in total. The van der Waals surface area contributed by atoms with Crippen LogP contribution in [-0.2, 0) is 6.18 Å². The van der Waals surface area contributed by atoms with Crippen LogP contribution in [0.15, 0.2) is 24.8 Å². The van der Waals surface area contributed by atoms with E-state index in [1.165, 1.54) is 0 Å². The first-order valence-corrected chi connectivity index (χ1v) is 7.50. The van der Waals surface area contributed by atoms with E-state index in [0.717, 1.165) is 0 Å². The Hall–Kier alpha value is -1.60. The van der Waals surface area contributed by atoms with Crippen LogP contribution in [0.4, 0.5) is 17.6 Å². The Morgan fingerprint density at radius 3 is 2.52 bits per heavy atom. The third kappa shape index (κ3) is 4.03. The first-order chi connectivity index (χ1) is 10.9. The highest BCUT2D eigenvalue weighted by atomic mass is 19.4. The molecular weight excluding hydrogens is 312 g/mol. The number of phenolic OH excluding ortho intramolecular Hbond substituents is 1. The molecule has 0 unspecified atom stereocenters. The molecule has 1 fully saturated rings. The van der Waals surface area contributed by atoms with Crippen LogP contribution in [0.5, 0.6) is 5.75 Å².